The predicted molar refractivity (Wildman–Crippen MR) is 110 cm³/mol. The van der Waals surface area contributed by atoms with Crippen molar-refractivity contribution in [3.05, 3.63) is 63.1 Å². The Morgan fingerprint density at radius 3 is 2.39 bits per heavy atom. The third-order valence-corrected chi connectivity index (χ3v) is 4.64. The summed E-state index contributed by atoms with van der Waals surface area (Å²) in [6.07, 6.45) is 1.35. The van der Waals surface area contributed by atoms with Crippen molar-refractivity contribution in [2.24, 2.45) is 0 Å². The standard InChI is InChI=1S/C20H16BrClN2O4/c1-11(2)28-17-8-3-12(10-16(17)22)9-15-18(25)23-20(27)24(19(15)26)14-6-4-13(21)5-7-14/h3-11H,1-2H3,(H,23,25,27)/b15-9+. The Balaban J connectivity index is 1.95. The number of amides is 4. The topological polar surface area (TPSA) is 75.7 Å². The van der Waals surface area contributed by atoms with Gasteiger partial charge in [-0.25, -0.2) is 9.69 Å². The van der Waals surface area contributed by atoms with E-state index in [1.807, 2.05) is 13.8 Å². The van der Waals surface area contributed by atoms with Gasteiger partial charge in [-0.05, 0) is 61.9 Å². The number of hydrogen-bond donors (Lipinski definition) is 1. The molecule has 0 atom stereocenters. The lowest BCUT2D eigenvalue weighted by molar-refractivity contribution is -0.122. The molecule has 1 aliphatic rings. The van der Waals surface area contributed by atoms with Gasteiger partial charge in [0.1, 0.15) is 11.3 Å². The molecular formula is C20H16BrClN2O4. The fourth-order valence-electron chi connectivity index (χ4n) is 2.61. The molecule has 0 saturated carbocycles. The van der Waals surface area contributed by atoms with Crippen LogP contribution in [0, 0.1) is 0 Å². The summed E-state index contributed by atoms with van der Waals surface area (Å²) in [6, 6.07) is 10.7. The number of hydrogen-bond acceptors (Lipinski definition) is 4. The van der Waals surface area contributed by atoms with Crippen LogP contribution < -0.4 is 15.0 Å². The Labute approximate surface area is 175 Å². The van der Waals surface area contributed by atoms with E-state index in [0.717, 1.165) is 9.37 Å². The zero-order chi connectivity index (χ0) is 20.4. The zero-order valence-corrected chi connectivity index (χ0v) is 17.4. The Morgan fingerprint density at radius 1 is 1.11 bits per heavy atom. The number of ether oxygens (including phenoxy) is 1. The van der Waals surface area contributed by atoms with Crippen molar-refractivity contribution in [1.82, 2.24) is 5.32 Å². The number of halogens is 2. The monoisotopic (exact) mass is 462 g/mol. The summed E-state index contributed by atoms with van der Waals surface area (Å²) in [7, 11) is 0. The van der Waals surface area contributed by atoms with Crippen LogP contribution in [0.5, 0.6) is 5.75 Å². The first-order chi connectivity index (χ1) is 13.3. The fourth-order valence-corrected chi connectivity index (χ4v) is 3.10. The summed E-state index contributed by atoms with van der Waals surface area (Å²) in [5, 5.41) is 2.54. The van der Waals surface area contributed by atoms with Gasteiger partial charge in [-0.2, -0.15) is 0 Å². The normalized spacial score (nSPS) is 16.0. The van der Waals surface area contributed by atoms with E-state index >= 15 is 0 Å². The number of nitrogens with one attached hydrogen (secondary N) is 1. The van der Waals surface area contributed by atoms with E-state index in [0.29, 0.717) is 22.0 Å². The van der Waals surface area contributed by atoms with E-state index in [1.165, 1.54) is 6.08 Å². The van der Waals surface area contributed by atoms with E-state index in [4.69, 9.17) is 16.3 Å². The molecule has 4 amide bonds. The van der Waals surface area contributed by atoms with E-state index in [9.17, 15) is 14.4 Å². The van der Waals surface area contributed by atoms with Crippen molar-refractivity contribution in [3.63, 3.8) is 0 Å². The van der Waals surface area contributed by atoms with Crippen molar-refractivity contribution in [3.8, 4) is 5.75 Å². The molecule has 1 saturated heterocycles. The van der Waals surface area contributed by atoms with Crippen LogP contribution >= 0.6 is 27.5 Å². The number of urea groups is 1. The number of carbonyl (C=O) groups excluding carboxylic acids is 3. The third kappa shape index (κ3) is 4.26. The van der Waals surface area contributed by atoms with Crippen LogP contribution in [0.15, 0.2) is 52.5 Å². The number of benzene rings is 2. The molecule has 1 heterocycles. The van der Waals surface area contributed by atoms with Crippen LogP contribution in [0.4, 0.5) is 10.5 Å². The minimum Gasteiger partial charge on any atom is -0.489 e. The maximum atomic E-state index is 12.8. The van der Waals surface area contributed by atoms with E-state index < -0.39 is 17.8 Å². The summed E-state index contributed by atoms with van der Waals surface area (Å²) in [5.74, 6) is -0.971. The van der Waals surface area contributed by atoms with Crippen LogP contribution in [-0.2, 0) is 9.59 Å². The maximum absolute atomic E-state index is 12.8. The third-order valence-electron chi connectivity index (χ3n) is 3.82. The lowest BCUT2D eigenvalue weighted by Gasteiger charge is -2.26. The smallest absolute Gasteiger partial charge is 0.335 e. The van der Waals surface area contributed by atoms with Crippen molar-refractivity contribution in [2.75, 3.05) is 4.90 Å². The average molecular weight is 464 g/mol. The number of barbiturate groups is 1. The minimum absolute atomic E-state index is 0.0436. The number of nitrogens with zero attached hydrogens (tertiary/aromatic N) is 1. The highest BCUT2D eigenvalue weighted by Gasteiger charge is 2.36. The van der Waals surface area contributed by atoms with Gasteiger partial charge in [0.05, 0.1) is 16.8 Å². The Bertz CT molecular complexity index is 986. The number of carbonyl (C=O) groups is 3. The highest BCUT2D eigenvalue weighted by Crippen LogP contribution is 2.28. The van der Waals surface area contributed by atoms with Crippen LogP contribution in [0.1, 0.15) is 19.4 Å². The SMILES string of the molecule is CC(C)Oc1ccc(/C=C2\C(=O)NC(=O)N(c3ccc(Br)cc3)C2=O)cc1Cl. The predicted octanol–water partition coefficient (Wildman–Crippen LogP) is 4.56. The molecule has 0 bridgehead atoms. The number of imide groups is 2. The van der Waals surface area contributed by atoms with Gasteiger partial charge < -0.3 is 4.74 Å². The van der Waals surface area contributed by atoms with Gasteiger partial charge >= 0.3 is 6.03 Å². The van der Waals surface area contributed by atoms with E-state index in [2.05, 4.69) is 21.2 Å². The van der Waals surface area contributed by atoms with Gasteiger partial charge in [0.2, 0.25) is 0 Å². The van der Waals surface area contributed by atoms with E-state index in [1.54, 1.807) is 42.5 Å². The van der Waals surface area contributed by atoms with Gasteiger partial charge in [-0.3, -0.25) is 14.9 Å². The highest BCUT2D eigenvalue weighted by molar-refractivity contribution is 9.10. The maximum Gasteiger partial charge on any atom is 0.335 e. The molecule has 1 N–H and O–H groups in total. The van der Waals surface area contributed by atoms with Crippen molar-refractivity contribution >= 4 is 57.1 Å². The molecule has 0 spiro atoms. The molecule has 0 aromatic heterocycles. The summed E-state index contributed by atoms with van der Waals surface area (Å²) in [4.78, 5) is 38.2. The first-order valence-corrected chi connectivity index (χ1v) is 9.56. The molecule has 0 unspecified atom stereocenters. The molecule has 3 rings (SSSR count). The lowest BCUT2D eigenvalue weighted by atomic mass is 10.1. The Hall–Kier alpha value is -2.64. The van der Waals surface area contributed by atoms with Crippen molar-refractivity contribution < 1.29 is 19.1 Å². The van der Waals surface area contributed by atoms with Crippen LogP contribution in [-0.4, -0.2) is 23.9 Å². The number of rotatable bonds is 4. The quantitative estimate of drug-likeness (QED) is 0.533. The minimum atomic E-state index is -0.798. The van der Waals surface area contributed by atoms with Crippen LogP contribution in [0.2, 0.25) is 5.02 Å². The lowest BCUT2D eigenvalue weighted by Crippen LogP contribution is -2.54. The van der Waals surface area contributed by atoms with Gasteiger partial charge in [-0.1, -0.05) is 33.6 Å². The number of anilines is 1. The highest BCUT2D eigenvalue weighted by atomic mass is 79.9. The average Bonchev–Trinajstić information content (AvgIpc) is 2.62. The second-order valence-electron chi connectivity index (χ2n) is 6.29. The molecule has 0 aliphatic carbocycles. The Kier molecular flexibility index (Phi) is 5.86. The molecule has 2 aromatic carbocycles. The second-order valence-corrected chi connectivity index (χ2v) is 7.61. The van der Waals surface area contributed by atoms with Gasteiger partial charge in [0.25, 0.3) is 11.8 Å². The molecule has 8 heteroatoms. The summed E-state index contributed by atoms with van der Waals surface area (Å²) < 4.78 is 6.37. The largest absolute Gasteiger partial charge is 0.489 e. The van der Waals surface area contributed by atoms with Crippen LogP contribution in [0.3, 0.4) is 0 Å². The van der Waals surface area contributed by atoms with Crippen molar-refractivity contribution in [1.29, 1.82) is 0 Å². The van der Waals surface area contributed by atoms with Gasteiger partial charge in [0.15, 0.2) is 0 Å². The molecule has 144 valence electrons. The molecule has 1 fully saturated rings. The fraction of sp³-hybridized carbons (Fsp3) is 0.150. The van der Waals surface area contributed by atoms with Gasteiger partial charge in [-0.15, -0.1) is 0 Å². The molecule has 6 nitrogen and oxygen atoms in total. The molecular weight excluding hydrogens is 448 g/mol. The first kappa shape index (κ1) is 20.1. The molecule has 2 aromatic rings. The summed E-state index contributed by atoms with van der Waals surface area (Å²) in [5.41, 5.74) is 0.712. The van der Waals surface area contributed by atoms with E-state index in [-0.39, 0.29) is 11.7 Å². The first-order valence-electron chi connectivity index (χ1n) is 8.39. The van der Waals surface area contributed by atoms with Crippen molar-refractivity contribution in [2.45, 2.75) is 20.0 Å². The molecule has 0 radical (unpaired) electrons. The van der Waals surface area contributed by atoms with Crippen LogP contribution in [0.25, 0.3) is 6.08 Å². The van der Waals surface area contributed by atoms with Gasteiger partial charge in [0, 0.05) is 4.47 Å². The zero-order valence-electron chi connectivity index (χ0n) is 15.0. The Morgan fingerprint density at radius 2 is 1.79 bits per heavy atom. The molecule has 1 aliphatic heterocycles. The second kappa shape index (κ2) is 8.16. The summed E-state index contributed by atoms with van der Waals surface area (Å²) in [6.45, 7) is 3.76. The summed E-state index contributed by atoms with van der Waals surface area (Å²) >= 11 is 9.52. The molecule has 28 heavy (non-hydrogen) atoms.